The molecule has 2 aliphatic carbocycles. The van der Waals surface area contributed by atoms with E-state index in [-0.39, 0.29) is 16.8 Å². The molecule has 28 heavy (non-hydrogen) atoms. The van der Waals surface area contributed by atoms with Gasteiger partial charge in [0.1, 0.15) is 0 Å². The van der Waals surface area contributed by atoms with E-state index in [1.807, 2.05) is 0 Å². The summed E-state index contributed by atoms with van der Waals surface area (Å²) in [7, 11) is 1.55. The summed E-state index contributed by atoms with van der Waals surface area (Å²) < 4.78 is 5.24. The van der Waals surface area contributed by atoms with Crippen LogP contribution in [0.15, 0.2) is 30.3 Å². The van der Waals surface area contributed by atoms with Crippen molar-refractivity contribution < 1.29 is 9.53 Å². The van der Waals surface area contributed by atoms with Gasteiger partial charge in [0.2, 0.25) is 0 Å². The van der Waals surface area contributed by atoms with Crippen LogP contribution < -0.4 is 0 Å². The smallest absolute Gasteiger partial charge is 0.311 e. The molecule has 152 valence electrons. The molecular weight excluding hydrogens is 346 g/mol. The quantitative estimate of drug-likeness (QED) is 0.684. The third-order valence-electron chi connectivity index (χ3n) is 7.74. The predicted octanol–water partition coefficient (Wildman–Crippen LogP) is 5.05. The molecule has 2 fully saturated rings. The lowest BCUT2D eigenvalue weighted by atomic mass is 9.67. The first-order chi connectivity index (χ1) is 13.4. The van der Waals surface area contributed by atoms with Crippen molar-refractivity contribution in [2.45, 2.75) is 64.3 Å². The average molecular weight is 382 g/mol. The van der Waals surface area contributed by atoms with Crippen LogP contribution in [0, 0.1) is 17.3 Å². The molecule has 0 bridgehead atoms. The number of ether oxygens (including phenoxy) is 1. The Morgan fingerprint density at radius 3 is 2.79 bits per heavy atom. The fraction of sp³-hybridized carbons (Fsp3) is 0.640. The van der Waals surface area contributed by atoms with Crippen LogP contribution in [0.3, 0.4) is 0 Å². The number of rotatable bonds is 4. The summed E-state index contributed by atoms with van der Waals surface area (Å²) in [4.78, 5) is 15.3. The van der Waals surface area contributed by atoms with Crippen molar-refractivity contribution in [1.82, 2.24) is 4.90 Å². The molecule has 0 N–H and O–H groups in total. The van der Waals surface area contributed by atoms with Gasteiger partial charge in [0, 0.05) is 18.0 Å². The van der Waals surface area contributed by atoms with Crippen molar-refractivity contribution in [3.05, 3.63) is 41.5 Å². The van der Waals surface area contributed by atoms with Gasteiger partial charge in [-0.2, -0.15) is 0 Å². The van der Waals surface area contributed by atoms with E-state index in [2.05, 4.69) is 62.1 Å². The van der Waals surface area contributed by atoms with Gasteiger partial charge in [-0.3, -0.25) is 9.69 Å². The second-order valence-electron chi connectivity index (χ2n) is 9.87. The maximum atomic E-state index is 12.7. The van der Waals surface area contributed by atoms with Gasteiger partial charge in [0.25, 0.3) is 0 Å². The van der Waals surface area contributed by atoms with Crippen molar-refractivity contribution >= 4 is 12.0 Å². The first kappa shape index (κ1) is 19.7. The van der Waals surface area contributed by atoms with Crippen molar-refractivity contribution in [2.24, 2.45) is 17.3 Å². The highest BCUT2D eigenvalue weighted by atomic mass is 16.5. The Labute approximate surface area is 170 Å². The van der Waals surface area contributed by atoms with E-state index in [1.165, 1.54) is 17.5 Å². The number of piperidine rings is 1. The number of nitrogens with zero attached hydrogens (tertiary/aromatic N) is 1. The summed E-state index contributed by atoms with van der Waals surface area (Å²) in [5.41, 5.74) is 2.83. The second kappa shape index (κ2) is 7.33. The predicted molar refractivity (Wildman–Crippen MR) is 114 cm³/mol. The Hall–Kier alpha value is -1.61. The van der Waals surface area contributed by atoms with Crippen molar-refractivity contribution in [3.63, 3.8) is 0 Å². The highest BCUT2D eigenvalue weighted by Crippen LogP contribution is 2.50. The monoisotopic (exact) mass is 381 g/mol. The van der Waals surface area contributed by atoms with Gasteiger partial charge >= 0.3 is 5.97 Å². The molecule has 2 unspecified atom stereocenters. The van der Waals surface area contributed by atoms with E-state index in [1.54, 1.807) is 7.11 Å². The summed E-state index contributed by atoms with van der Waals surface area (Å²) >= 11 is 0. The first-order valence-corrected chi connectivity index (χ1v) is 11.0. The molecule has 1 aromatic carbocycles. The van der Waals surface area contributed by atoms with Crippen LogP contribution in [0.5, 0.6) is 0 Å². The molecule has 4 atom stereocenters. The number of fused-ring (bicyclic) bond motifs is 2. The Kier molecular flexibility index (Phi) is 5.16. The number of carbonyl (C=O) groups is 1. The standard InChI is InChI=1S/C25H35NO2/c1-18(2)15-24(23(27)28-4)11-10-21(16-24)26-14-13-25(19(3)17-26)12-9-20-7-5-6-8-22(20)25/h5-9,12,18-19,21H,10-11,13-17H2,1-4H3/t19-,21?,24?,25-/m0/s1. The summed E-state index contributed by atoms with van der Waals surface area (Å²) in [6, 6.07) is 9.40. The molecule has 0 aromatic heterocycles. The number of hydrogen-bond acceptors (Lipinski definition) is 3. The first-order valence-electron chi connectivity index (χ1n) is 11.0. The van der Waals surface area contributed by atoms with Crippen molar-refractivity contribution in [2.75, 3.05) is 20.2 Å². The Balaban J connectivity index is 1.49. The summed E-state index contributed by atoms with van der Waals surface area (Å²) in [5.74, 6) is 1.11. The highest BCUT2D eigenvalue weighted by Gasteiger charge is 2.50. The number of benzene rings is 1. The van der Waals surface area contributed by atoms with Crippen LogP contribution in [0.4, 0.5) is 0 Å². The van der Waals surface area contributed by atoms with Crippen LogP contribution in [0.2, 0.25) is 0 Å². The lowest BCUT2D eigenvalue weighted by Gasteiger charge is -2.46. The van der Waals surface area contributed by atoms with E-state index in [9.17, 15) is 4.79 Å². The third kappa shape index (κ3) is 3.12. The maximum absolute atomic E-state index is 12.7. The van der Waals surface area contributed by atoms with Crippen LogP contribution in [0.1, 0.15) is 64.0 Å². The Morgan fingerprint density at radius 2 is 2.07 bits per heavy atom. The Morgan fingerprint density at radius 1 is 1.29 bits per heavy atom. The lowest BCUT2D eigenvalue weighted by Crippen LogP contribution is -2.50. The third-order valence-corrected chi connectivity index (χ3v) is 7.74. The molecule has 1 heterocycles. The number of carbonyl (C=O) groups excluding carboxylic acids is 1. The molecule has 1 aliphatic heterocycles. The molecule has 3 aliphatic rings. The molecule has 1 spiro atoms. The maximum Gasteiger partial charge on any atom is 0.311 e. The summed E-state index contributed by atoms with van der Waals surface area (Å²) in [6.45, 7) is 9.08. The second-order valence-corrected chi connectivity index (χ2v) is 9.87. The van der Waals surface area contributed by atoms with Crippen LogP contribution in [-0.4, -0.2) is 37.1 Å². The SMILES string of the molecule is COC(=O)C1(CC(C)C)CCC(N2CC[C@@]3(C=Cc4ccccc43)[C@@H](C)C2)C1. The minimum Gasteiger partial charge on any atom is -0.469 e. The van der Waals surface area contributed by atoms with Crippen LogP contribution in [0.25, 0.3) is 6.08 Å². The van der Waals surface area contributed by atoms with Gasteiger partial charge < -0.3 is 4.74 Å². The van der Waals surface area contributed by atoms with E-state index in [0.29, 0.717) is 17.9 Å². The van der Waals surface area contributed by atoms with Gasteiger partial charge in [0.05, 0.1) is 12.5 Å². The topological polar surface area (TPSA) is 29.5 Å². The van der Waals surface area contributed by atoms with Crippen molar-refractivity contribution in [1.29, 1.82) is 0 Å². The van der Waals surface area contributed by atoms with Crippen molar-refractivity contribution in [3.8, 4) is 0 Å². The number of methoxy groups -OCH3 is 1. The minimum absolute atomic E-state index is 0.0119. The molecular formula is C25H35NO2. The normalized spacial score (nSPS) is 34.9. The molecule has 3 heteroatoms. The molecule has 1 saturated carbocycles. The van der Waals surface area contributed by atoms with Gasteiger partial charge in [-0.1, -0.05) is 57.2 Å². The van der Waals surface area contributed by atoms with Gasteiger partial charge in [0.15, 0.2) is 0 Å². The number of allylic oxidation sites excluding steroid dienone is 1. The molecule has 1 aromatic rings. The van der Waals surface area contributed by atoms with Gasteiger partial charge in [-0.25, -0.2) is 0 Å². The fourth-order valence-electron chi connectivity index (χ4n) is 6.42. The summed E-state index contributed by atoms with van der Waals surface area (Å²) in [6.07, 6.45) is 9.96. The van der Waals surface area contributed by atoms with E-state index >= 15 is 0 Å². The molecule has 1 saturated heterocycles. The summed E-state index contributed by atoms with van der Waals surface area (Å²) in [5, 5.41) is 0. The van der Waals surface area contributed by atoms with Gasteiger partial charge in [-0.15, -0.1) is 0 Å². The van der Waals surface area contributed by atoms with Gasteiger partial charge in [-0.05, 0) is 61.6 Å². The average Bonchev–Trinajstić information content (AvgIpc) is 3.27. The van der Waals surface area contributed by atoms with E-state index in [0.717, 1.165) is 38.8 Å². The largest absolute Gasteiger partial charge is 0.469 e. The lowest BCUT2D eigenvalue weighted by molar-refractivity contribution is -0.153. The zero-order valence-corrected chi connectivity index (χ0v) is 17.9. The molecule has 0 amide bonds. The van der Waals surface area contributed by atoms with Crippen LogP contribution >= 0.6 is 0 Å². The number of likely N-dealkylation sites (tertiary alicyclic amines) is 1. The van der Waals surface area contributed by atoms with E-state index in [4.69, 9.17) is 4.74 Å². The van der Waals surface area contributed by atoms with E-state index < -0.39 is 0 Å². The molecule has 3 nitrogen and oxygen atoms in total. The molecule has 4 rings (SSSR count). The number of esters is 1. The Bertz CT molecular complexity index is 770. The zero-order chi connectivity index (χ0) is 19.9. The van der Waals surface area contributed by atoms with Crippen LogP contribution in [-0.2, 0) is 14.9 Å². The number of hydrogen-bond donors (Lipinski definition) is 0. The zero-order valence-electron chi connectivity index (χ0n) is 17.9. The highest BCUT2D eigenvalue weighted by molar-refractivity contribution is 5.77. The minimum atomic E-state index is -0.272. The molecule has 0 radical (unpaired) electrons. The fourth-order valence-corrected chi connectivity index (χ4v) is 6.42.